The van der Waals surface area contributed by atoms with Crippen LogP contribution in [0.4, 0.5) is 0 Å². The molecule has 0 bridgehead atoms. The summed E-state index contributed by atoms with van der Waals surface area (Å²) in [5.41, 5.74) is 0.810. The van der Waals surface area contributed by atoms with Crippen LogP contribution in [0.2, 0.25) is 0 Å². The molecule has 2 rings (SSSR count). The molecule has 1 aliphatic heterocycles. The van der Waals surface area contributed by atoms with Crippen molar-refractivity contribution < 1.29 is 9.47 Å². The van der Waals surface area contributed by atoms with Gasteiger partial charge in [-0.1, -0.05) is 6.07 Å². The Balaban J connectivity index is 2.29. The molecule has 11 heavy (non-hydrogen) atoms. The minimum absolute atomic E-state index is 0.298. The van der Waals surface area contributed by atoms with E-state index >= 15 is 0 Å². The molecule has 0 saturated heterocycles. The van der Waals surface area contributed by atoms with Gasteiger partial charge >= 0.3 is 0 Å². The Kier molecular flexibility index (Phi) is 1.48. The third kappa shape index (κ3) is 1.17. The number of rotatable bonds is 1. The van der Waals surface area contributed by atoms with Crippen molar-refractivity contribution in [2.45, 2.75) is 0 Å². The molecule has 2 heterocycles. The van der Waals surface area contributed by atoms with Crippen molar-refractivity contribution in [2.75, 3.05) is 6.79 Å². The summed E-state index contributed by atoms with van der Waals surface area (Å²) < 4.78 is 10.0. The van der Waals surface area contributed by atoms with Crippen LogP contribution in [0.3, 0.4) is 0 Å². The molecule has 1 aromatic rings. The zero-order valence-electron chi connectivity index (χ0n) is 5.86. The summed E-state index contributed by atoms with van der Waals surface area (Å²) in [5.74, 6) is 0.700. The van der Waals surface area contributed by atoms with Crippen molar-refractivity contribution in [2.24, 2.45) is 0 Å². The van der Waals surface area contributed by atoms with E-state index in [1.807, 2.05) is 18.2 Å². The monoisotopic (exact) mass is 149 g/mol. The average Bonchev–Trinajstić information content (AvgIpc) is 2.58. The fraction of sp³-hybridized carbons (Fsp3) is 0.125. The third-order valence-electron chi connectivity index (χ3n) is 1.39. The second kappa shape index (κ2) is 2.62. The van der Waals surface area contributed by atoms with Gasteiger partial charge in [-0.15, -0.1) is 0 Å². The molecule has 1 aliphatic rings. The molecule has 0 radical (unpaired) electrons. The molecule has 0 N–H and O–H groups in total. The predicted octanol–water partition coefficient (Wildman–Crippen LogP) is 1.38. The van der Waals surface area contributed by atoms with Gasteiger partial charge in [-0.3, -0.25) is 4.98 Å². The van der Waals surface area contributed by atoms with Crippen LogP contribution in [0.25, 0.3) is 5.76 Å². The lowest BCUT2D eigenvalue weighted by Crippen LogP contribution is -1.88. The Morgan fingerprint density at radius 3 is 3.00 bits per heavy atom. The topological polar surface area (TPSA) is 31.4 Å². The van der Waals surface area contributed by atoms with Gasteiger partial charge in [-0.25, -0.2) is 0 Å². The number of nitrogens with zero attached hydrogens (tertiary/aromatic N) is 1. The summed E-state index contributed by atoms with van der Waals surface area (Å²) in [6.07, 6.45) is 3.29. The second-order valence-electron chi connectivity index (χ2n) is 2.13. The van der Waals surface area contributed by atoms with Gasteiger partial charge in [0.15, 0.2) is 5.76 Å². The maximum absolute atomic E-state index is 5.12. The third-order valence-corrected chi connectivity index (χ3v) is 1.39. The van der Waals surface area contributed by atoms with Crippen molar-refractivity contribution in [3.8, 4) is 0 Å². The predicted molar refractivity (Wildman–Crippen MR) is 39.3 cm³/mol. The normalized spacial score (nSPS) is 15.1. The summed E-state index contributed by atoms with van der Waals surface area (Å²) >= 11 is 0. The first-order chi connectivity index (χ1) is 5.47. The van der Waals surface area contributed by atoms with Crippen LogP contribution < -0.4 is 0 Å². The van der Waals surface area contributed by atoms with Crippen molar-refractivity contribution in [1.29, 1.82) is 0 Å². The van der Waals surface area contributed by atoms with Crippen LogP contribution in [-0.2, 0) is 9.47 Å². The zero-order chi connectivity index (χ0) is 7.52. The molecule has 0 amide bonds. The number of aromatic nitrogens is 1. The summed E-state index contributed by atoms with van der Waals surface area (Å²) in [6.45, 7) is 0.298. The first-order valence-corrected chi connectivity index (χ1v) is 3.33. The van der Waals surface area contributed by atoms with E-state index in [4.69, 9.17) is 9.47 Å². The van der Waals surface area contributed by atoms with Crippen LogP contribution in [-0.4, -0.2) is 11.8 Å². The molecule has 56 valence electrons. The highest BCUT2D eigenvalue weighted by atomic mass is 16.7. The van der Waals surface area contributed by atoms with Crippen LogP contribution in [0, 0.1) is 0 Å². The fourth-order valence-electron chi connectivity index (χ4n) is 0.884. The molecule has 0 aromatic carbocycles. The highest BCUT2D eigenvalue weighted by molar-refractivity contribution is 5.55. The molecule has 3 heteroatoms. The highest BCUT2D eigenvalue weighted by Crippen LogP contribution is 2.16. The Labute approximate surface area is 64.3 Å². The van der Waals surface area contributed by atoms with Gasteiger partial charge in [-0.2, -0.15) is 0 Å². The molecule has 0 aliphatic carbocycles. The first-order valence-electron chi connectivity index (χ1n) is 3.33. The second-order valence-corrected chi connectivity index (χ2v) is 2.13. The Hall–Kier alpha value is -1.51. The van der Waals surface area contributed by atoms with Gasteiger partial charge in [0.05, 0.1) is 0 Å². The van der Waals surface area contributed by atoms with Crippen LogP contribution >= 0.6 is 0 Å². The van der Waals surface area contributed by atoms with Crippen molar-refractivity contribution in [3.05, 3.63) is 36.4 Å². The van der Waals surface area contributed by atoms with Crippen LogP contribution in [0.15, 0.2) is 30.7 Å². The van der Waals surface area contributed by atoms with Crippen molar-refractivity contribution >= 4 is 5.76 Å². The lowest BCUT2D eigenvalue weighted by Gasteiger charge is -1.97. The minimum Gasteiger partial charge on any atom is -0.461 e. The SMILES string of the molecule is C1=C(c2ccccn2)OCO1. The molecule has 0 saturated carbocycles. The maximum Gasteiger partial charge on any atom is 0.230 e. The van der Waals surface area contributed by atoms with Gasteiger partial charge in [0.25, 0.3) is 0 Å². The van der Waals surface area contributed by atoms with E-state index in [0.29, 0.717) is 12.6 Å². The lowest BCUT2D eigenvalue weighted by molar-refractivity contribution is 0.100. The number of pyridine rings is 1. The van der Waals surface area contributed by atoms with E-state index in [1.54, 1.807) is 12.5 Å². The van der Waals surface area contributed by atoms with Crippen LogP contribution in [0.5, 0.6) is 0 Å². The molecule has 0 atom stereocenters. The van der Waals surface area contributed by atoms with Crippen LogP contribution in [0.1, 0.15) is 5.69 Å². The summed E-state index contributed by atoms with van der Waals surface area (Å²) in [4.78, 5) is 4.09. The minimum atomic E-state index is 0.298. The van der Waals surface area contributed by atoms with Crippen molar-refractivity contribution in [1.82, 2.24) is 4.98 Å². The van der Waals surface area contributed by atoms with Gasteiger partial charge in [0.2, 0.25) is 6.79 Å². The number of ether oxygens (including phenoxy) is 2. The Morgan fingerprint density at radius 2 is 2.36 bits per heavy atom. The summed E-state index contributed by atoms with van der Waals surface area (Å²) in [7, 11) is 0. The molecule has 0 unspecified atom stereocenters. The van der Waals surface area contributed by atoms with Gasteiger partial charge in [0, 0.05) is 6.20 Å². The van der Waals surface area contributed by atoms with E-state index in [0.717, 1.165) is 5.69 Å². The molecule has 1 aromatic heterocycles. The van der Waals surface area contributed by atoms with E-state index < -0.39 is 0 Å². The maximum atomic E-state index is 5.12. The molecule has 3 nitrogen and oxygen atoms in total. The largest absolute Gasteiger partial charge is 0.461 e. The van der Waals surface area contributed by atoms with E-state index in [9.17, 15) is 0 Å². The standard InChI is InChI=1S/C8H7NO2/c1-2-4-9-7(3-1)8-5-10-6-11-8/h1-5H,6H2. The van der Waals surface area contributed by atoms with Gasteiger partial charge in [0.1, 0.15) is 12.0 Å². The molecule has 0 fully saturated rings. The van der Waals surface area contributed by atoms with E-state index in [-0.39, 0.29) is 0 Å². The zero-order valence-corrected chi connectivity index (χ0v) is 5.86. The number of hydrogen-bond acceptors (Lipinski definition) is 3. The Morgan fingerprint density at radius 1 is 1.36 bits per heavy atom. The molecular weight excluding hydrogens is 142 g/mol. The average molecular weight is 149 g/mol. The summed E-state index contributed by atoms with van der Waals surface area (Å²) in [6, 6.07) is 5.64. The Bertz CT molecular complexity index is 269. The molecular formula is C8H7NO2. The quantitative estimate of drug-likeness (QED) is 0.604. The van der Waals surface area contributed by atoms with Gasteiger partial charge in [-0.05, 0) is 12.1 Å². The highest BCUT2D eigenvalue weighted by Gasteiger charge is 2.08. The number of hydrogen-bond donors (Lipinski definition) is 0. The smallest absolute Gasteiger partial charge is 0.230 e. The lowest BCUT2D eigenvalue weighted by atomic mass is 10.3. The van der Waals surface area contributed by atoms with E-state index in [1.165, 1.54) is 0 Å². The summed E-state index contributed by atoms with van der Waals surface area (Å²) in [5, 5.41) is 0. The van der Waals surface area contributed by atoms with Gasteiger partial charge < -0.3 is 9.47 Å². The molecule has 0 spiro atoms. The van der Waals surface area contributed by atoms with E-state index in [2.05, 4.69) is 4.98 Å². The fourth-order valence-corrected chi connectivity index (χ4v) is 0.884. The van der Waals surface area contributed by atoms with Crippen molar-refractivity contribution in [3.63, 3.8) is 0 Å². The first kappa shape index (κ1) is 6.22.